The van der Waals surface area contributed by atoms with E-state index in [2.05, 4.69) is 5.32 Å². The molecule has 6 heteroatoms. The van der Waals surface area contributed by atoms with Crippen LogP contribution in [0.3, 0.4) is 0 Å². The van der Waals surface area contributed by atoms with E-state index < -0.39 is 11.5 Å². The van der Waals surface area contributed by atoms with E-state index in [1.165, 1.54) is 4.90 Å². The molecule has 1 aliphatic heterocycles. The number of carboxylic acid groups (broad SMARTS) is 1. The van der Waals surface area contributed by atoms with Gasteiger partial charge in [-0.15, -0.1) is 0 Å². The van der Waals surface area contributed by atoms with Crippen molar-refractivity contribution in [1.82, 2.24) is 10.2 Å². The number of amides is 2. The summed E-state index contributed by atoms with van der Waals surface area (Å²) in [4.78, 5) is 25.3. The molecular formula is C14H26N2O4. The highest BCUT2D eigenvalue weighted by atomic mass is 16.5. The fourth-order valence-corrected chi connectivity index (χ4v) is 2.84. The summed E-state index contributed by atoms with van der Waals surface area (Å²) >= 11 is 0. The zero-order valence-electron chi connectivity index (χ0n) is 12.5. The van der Waals surface area contributed by atoms with Crippen molar-refractivity contribution in [2.24, 2.45) is 0 Å². The number of urea groups is 1. The maximum atomic E-state index is 12.2. The van der Waals surface area contributed by atoms with Crippen molar-refractivity contribution in [3.63, 3.8) is 0 Å². The Kier molecular flexibility index (Phi) is 6.78. The first kappa shape index (κ1) is 16.8. The summed E-state index contributed by atoms with van der Waals surface area (Å²) in [5, 5.41) is 12.3. The van der Waals surface area contributed by atoms with E-state index in [4.69, 9.17) is 4.74 Å². The van der Waals surface area contributed by atoms with Crippen LogP contribution in [-0.4, -0.2) is 54.4 Å². The number of rotatable bonds is 8. The van der Waals surface area contributed by atoms with Crippen LogP contribution < -0.4 is 5.32 Å². The van der Waals surface area contributed by atoms with Crippen LogP contribution >= 0.6 is 0 Å². The van der Waals surface area contributed by atoms with E-state index >= 15 is 0 Å². The molecule has 0 radical (unpaired) electrons. The van der Waals surface area contributed by atoms with Crippen LogP contribution in [0.2, 0.25) is 0 Å². The van der Waals surface area contributed by atoms with Crippen molar-refractivity contribution in [2.75, 3.05) is 26.8 Å². The quantitative estimate of drug-likeness (QED) is 0.667. The number of methoxy groups -OCH3 is 1. The zero-order valence-corrected chi connectivity index (χ0v) is 12.5. The summed E-state index contributed by atoms with van der Waals surface area (Å²) in [6.45, 7) is 3.70. The van der Waals surface area contributed by atoms with Gasteiger partial charge in [0.05, 0.1) is 0 Å². The van der Waals surface area contributed by atoms with Crippen LogP contribution in [0.25, 0.3) is 0 Å². The molecule has 1 unspecified atom stereocenters. The average molecular weight is 286 g/mol. The molecule has 0 saturated carbocycles. The van der Waals surface area contributed by atoms with Gasteiger partial charge in [-0.2, -0.15) is 0 Å². The summed E-state index contributed by atoms with van der Waals surface area (Å²) in [5.74, 6) is -0.883. The molecule has 0 aromatic heterocycles. The smallest absolute Gasteiger partial charge is 0.329 e. The second-order valence-corrected chi connectivity index (χ2v) is 5.27. The maximum absolute atomic E-state index is 12.2. The number of aliphatic carboxylic acids is 1. The van der Waals surface area contributed by atoms with Crippen LogP contribution in [0.1, 0.15) is 45.4 Å². The Labute approximate surface area is 120 Å². The zero-order chi connectivity index (χ0) is 15.0. The van der Waals surface area contributed by atoms with Gasteiger partial charge in [0, 0.05) is 26.8 Å². The van der Waals surface area contributed by atoms with Crippen molar-refractivity contribution >= 4 is 12.0 Å². The van der Waals surface area contributed by atoms with Gasteiger partial charge in [-0.25, -0.2) is 9.59 Å². The minimum Gasteiger partial charge on any atom is -0.479 e. The average Bonchev–Trinajstić information content (AvgIpc) is 2.84. The summed E-state index contributed by atoms with van der Waals surface area (Å²) in [6.07, 6.45) is 4.29. The minimum absolute atomic E-state index is 0.254. The van der Waals surface area contributed by atoms with E-state index in [1.54, 1.807) is 7.11 Å². The van der Waals surface area contributed by atoms with Gasteiger partial charge in [0.2, 0.25) is 0 Å². The standard InChI is InChI=1S/C14H26N2O4/c1-3-7-14(12(17)18)8-6-10-16(14)13(19)15-9-4-5-11-20-2/h3-11H2,1-2H3,(H,15,19)(H,17,18). The lowest BCUT2D eigenvalue weighted by atomic mass is 9.91. The summed E-state index contributed by atoms with van der Waals surface area (Å²) in [5.41, 5.74) is -1.01. The molecule has 0 aromatic carbocycles. The number of nitrogens with one attached hydrogen (secondary N) is 1. The van der Waals surface area contributed by atoms with Crippen LogP contribution in [0, 0.1) is 0 Å². The lowest BCUT2D eigenvalue weighted by Crippen LogP contribution is -2.56. The van der Waals surface area contributed by atoms with E-state index in [0.29, 0.717) is 32.5 Å². The van der Waals surface area contributed by atoms with Crippen molar-refractivity contribution in [3.05, 3.63) is 0 Å². The van der Waals surface area contributed by atoms with Crippen LogP contribution in [-0.2, 0) is 9.53 Å². The van der Waals surface area contributed by atoms with Gasteiger partial charge in [0.1, 0.15) is 5.54 Å². The summed E-state index contributed by atoms with van der Waals surface area (Å²) in [6, 6.07) is -0.254. The Hall–Kier alpha value is -1.30. The van der Waals surface area contributed by atoms with E-state index in [0.717, 1.165) is 25.7 Å². The fraction of sp³-hybridized carbons (Fsp3) is 0.857. The van der Waals surface area contributed by atoms with Crippen molar-refractivity contribution in [2.45, 2.75) is 51.0 Å². The molecule has 1 heterocycles. The Balaban J connectivity index is 2.54. The molecule has 20 heavy (non-hydrogen) atoms. The van der Waals surface area contributed by atoms with E-state index in [-0.39, 0.29) is 6.03 Å². The Morgan fingerprint density at radius 3 is 2.75 bits per heavy atom. The Morgan fingerprint density at radius 2 is 2.15 bits per heavy atom. The highest BCUT2D eigenvalue weighted by Gasteiger charge is 2.49. The van der Waals surface area contributed by atoms with Gasteiger partial charge in [-0.1, -0.05) is 13.3 Å². The third kappa shape index (κ3) is 3.85. The molecule has 1 aliphatic rings. The normalized spacial score (nSPS) is 22.0. The van der Waals surface area contributed by atoms with E-state index in [9.17, 15) is 14.7 Å². The molecule has 2 N–H and O–H groups in total. The molecule has 116 valence electrons. The molecule has 0 aliphatic carbocycles. The SMILES string of the molecule is CCCC1(C(=O)O)CCCN1C(=O)NCCCCOC. The van der Waals surface area contributed by atoms with Gasteiger partial charge >= 0.3 is 12.0 Å². The van der Waals surface area contributed by atoms with Gasteiger partial charge in [-0.05, 0) is 32.1 Å². The number of carboxylic acids is 1. The predicted molar refractivity (Wildman–Crippen MR) is 75.7 cm³/mol. The topological polar surface area (TPSA) is 78.9 Å². The number of carbonyl (C=O) groups excluding carboxylic acids is 1. The maximum Gasteiger partial charge on any atom is 0.329 e. The van der Waals surface area contributed by atoms with Crippen molar-refractivity contribution in [3.8, 4) is 0 Å². The fourth-order valence-electron chi connectivity index (χ4n) is 2.84. The molecular weight excluding hydrogens is 260 g/mol. The summed E-state index contributed by atoms with van der Waals surface area (Å²) < 4.78 is 4.94. The number of nitrogens with zero attached hydrogens (tertiary/aromatic N) is 1. The third-order valence-electron chi connectivity index (χ3n) is 3.85. The second-order valence-electron chi connectivity index (χ2n) is 5.27. The number of likely N-dealkylation sites (tertiary alicyclic amines) is 1. The van der Waals surface area contributed by atoms with Crippen LogP contribution in [0.4, 0.5) is 4.79 Å². The van der Waals surface area contributed by atoms with Gasteiger partial charge < -0.3 is 20.1 Å². The lowest BCUT2D eigenvalue weighted by Gasteiger charge is -2.34. The number of hydrogen-bond donors (Lipinski definition) is 2. The molecule has 6 nitrogen and oxygen atoms in total. The molecule has 1 atom stereocenters. The number of ether oxygens (including phenoxy) is 1. The van der Waals surface area contributed by atoms with Crippen LogP contribution in [0.15, 0.2) is 0 Å². The molecule has 2 amide bonds. The minimum atomic E-state index is -1.01. The molecule has 1 saturated heterocycles. The predicted octanol–water partition coefficient (Wildman–Crippen LogP) is 1.84. The van der Waals surface area contributed by atoms with Crippen LogP contribution in [0.5, 0.6) is 0 Å². The van der Waals surface area contributed by atoms with Gasteiger partial charge in [0.15, 0.2) is 0 Å². The Morgan fingerprint density at radius 1 is 1.40 bits per heavy atom. The van der Waals surface area contributed by atoms with E-state index in [1.807, 2.05) is 6.92 Å². The first-order valence-electron chi connectivity index (χ1n) is 7.36. The van der Waals surface area contributed by atoms with Crippen molar-refractivity contribution < 1.29 is 19.4 Å². The first-order valence-corrected chi connectivity index (χ1v) is 7.36. The summed E-state index contributed by atoms with van der Waals surface area (Å²) in [7, 11) is 1.65. The van der Waals surface area contributed by atoms with Gasteiger partial charge in [-0.3, -0.25) is 0 Å². The van der Waals surface area contributed by atoms with Gasteiger partial charge in [0.25, 0.3) is 0 Å². The molecule has 1 fully saturated rings. The largest absolute Gasteiger partial charge is 0.479 e. The number of unbranched alkanes of at least 4 members (excludes halogenated alkanes) is 1. The molecule has 0 spiro atoms. The third-order valence-corrected chi connectivity index (χ3v) is 3.85. The number of hydrogen-bond acceptors (Lipinski definition) is 3. The monoisotopic (exact) mass is 286 g/mol. The second kappa shape index (κ2) is 8.09. The first-order chi connectivity index (χ1) is 9.58. The molecule has 0 aromatic rings. The number of carbonyl (C=O) groups is 2. The Bertz CT molecular complexity index is 335. The highest BCUT2D eigenvalue weighted by molar-refractivity contribution is 5.87. The highest BCUT2D eigenvalue weighted by Crippen LogP contribution is 2.33. The lowest BCUT2D eigenvalue weighted by molar-refractivity contribution is -0.148. The molecule has 1 rings (SSSR count). The molecule has 0 bridgehead atoms. The van der Waals surface area contributed by atoms with Crippen molar-refractivity contribution in [1.29, 1.82) is 0 Å².